The lowest BCUT2D eigenvalue weighted by molar-refractivity contribution is 0.000978. The van der Waals surface area contributed by atoms with Gasteiger partial charge in [0.25, 0.3) is 0 Å². The summed E-state index contributed by atoms with van der Waals surface area (Å²) in [6.07, 6.45) is -0.560. The molecule has 1 unspecified atom stereocenters. The molecule has 2 heterocycles. The molecule has 1 aliphatic heterocycles. The van der Waals surface area contributed by atoms with Crippen LogP contribution in [0.2, 0.25) is 0 Å². The third-order valence-electron chi connectivity index (χ3n) is 6.31. The molecule has 3 rings (SSSR count). The van der Waals surface area contributed by atoms with Crippen LogP contribution in [0.4, 0.5) is 5.88 Å². The normalized spacial score (nSPS) is 15.7. The van der Waals surface area contributed by atoms with Crippen LogP contribution in [-0.2, 0) is 16.0 Å². The number of aromatic nitrogens is 1. The fraction of sp³-hybridized carbons (Fsp3) is 0.667. The van der Waals surface area contributed by atoms with Crippen LogP contribution in [-0.4, -0.2) is 98.4 Å². The molecule has 1 aromatic heterocycles. The van der Waals surface area contributed by atoms with Gasteiger partial charge < -0.3 is 24.0 Å². The van der Waals surface area contributed by atoms with Crippen LogP contribution in [0.1, 0.15) is 33.3 Å². The molecule has 1 N–H and O–H groups in total. The number of ether oxygens (including phenoxy) is 2. The molecule has 1 aromatic carbocycles. The fourth-order valence-corrected chi connectivity index (χ4v) is 4.38. The molecule has 2 aromatic rings. The Morgan fingerprint density at radius 3 is 2.46 bits per heavy atom. The molecule has 196 valence electrons. The number of hydrogen-bond acceptors (Lipinski definition) is 8. The summed E-state index contributed by atoms with van der Waals surface area (Å²) in [7, 11) is 0. The Hall–Kier alpha value is -1.97. The topological polar surface area (TPSA) is 74.4 Å². The van der Waals surface area contributed by atoms with Crippen LogP contribution in [0, 0.1) is 5.92 Å². The lowest BCUT2D eigenvalue weighted by Crippen LogP contribution is -2.43. The largest absolute Gasteiger partial charge is 0.389 e. The van der Waals surface area contributed by atoms with Crippen molar-refractivity contribution in [2.24, 2.45) is 5.92 Å². The van der Waals surface area contributed by atoms with Gasteiger partial charge in [-0.05, 0) is 19.8 Å². The van der Waals surface area contributed by atoms with Gasteiger partial charge in [-0.1, -0.05) is 49.3 Å². The second kappa shape index (κ2) is 14.6. The maximum Gasteiger partial charge on any atom is 0.232 e. The molecule has 35 heavy (non-hydrogen) atoms. The van der Waals surface area contributed by atoms with E-state index in [-0.39, 0.29) is 0 Å². The predicted molar refractivity (Wildman–Crippen MR) is 140 cm³/mol. The fourth-order valence-electron chi connectivity index (χ4n) is 4.38. The number of rotatable bonds is 15. The molecule has 0 bridgehead atoms. The molecule has 1 saturated heterocycles. The SMILES string of the molecule is CCN(CC)c1onc(-c2ccccc2)c1CN(CCN1CCOCC1)CC(O)COCC(C)C. The standard InChI is InChI=1S/C27H44N4O4/c1-5-31(6-2)27-25(26(28-35-27)23-10-8-7-9-11-23)19-30(13-12-29-14-16-33-17-15-29)18-24(32)21-34-20-22(3)4/h7-11,22,24,32H,5-6,12-21H2,1-4H3. The molecule has 0 saturated carbocycles. The minimum atomic E-state index is -0.560. The van der Waals surface area contributed by atoms with E-state index in [1.165, 1.54) is 0 Å². The minimum Gasteiger partial charge on any atom is -0.389 e. The number of anilines is 1. The van der Waals surface area contributed by atoms with E-state index in [1.54, 1.807) is 0 Å². The van der Waals surface area contributed by atoms with Crippen molar-refractivity contribution in [3.63, 3.8) is 0 Å². The van der Waals surface area contributed by atoms with Crippen molar-refractivity contribution in [3.8, 4) is 11.3 Å². The molecule has 1 atom stereocenters. The number of morpholine rings is 1. The van der Waals surface area contributed by atoms with Crippen molar-refractivity contribution in [1.29, 1.82) is 0 Å². The number of benzene rings is 1. The summed E-state index contributed by atoms with van der Waals surface area (Å²) >= 11 is 0. The monoisotopic (exact) mass is 488 g/mol. The summed E-state index contributed by atoms with van der Waals surface area (Å²) in [5.74, 6) is 1.26. The number of hydrogen-bond donors (Lipinski definition) is 1. The Morgan fingerprint density at radius 1 is 1.09 bits per heavy atom. The van der Waals surface area contributed by atoms with Crippen molar-refractivity contribution < 1.29 is 19.1 Å². The van der Waals surface area contributed by atoms with E-state index in [0.717, 1.165) is 75.2 Å². The predicted octanol–water partition coefficient (Wildman–Crippen LogP) is 3.36. The average Bonchev–Trinajstić information content (AvgIpc) is 3.27. The highest BCUT2D eigenvalue weighted by Crippen LogP contribution is 2.32. The van der Waals surface area contributed by atoms with E-state index in [2.05, 4.69) is 59.7 Å². The highest BCUT2D eigenvalue weighted by atomic mass is 16.5. The third kappa shape index (κ3) is 8.58. The molecular weight excluding hydrogens is 444 g/mol. The Labute approximate surface area is 210 Å². The van der Waals surface area contributed by atoms with Gasteiger partial charge in [0, 0.05) is 64.5 Å². The summed E-state index contributed by atoms with van der Waals surface area (Å²) in [6.45, 7) is 17.5. The van der Waals surface area contributed by atoms with Gasteiger partial charge in [-0.3, -0.25) is 9.80 Å². The van der Waals surface area contributed by atoms with E-state index in [4.69, 9.17) is 14.0 Å². The van der Waals surface area contributed by atoms with Crippen LogP contribution in [0.3, 0.4) is 0 Å². The molecule has 1 fully saturated rings. The number of nitrogens with zero attached hydrogens (tertiary/aromatic N) is 4. The average molecular weight is 489 g/mol. The summed E-state index contributed by atoms with van der Waals surface area (Å²) in [5, 5.41) is 15.3. The van der Waals surface area contributed by atoms with Gasteiger partial charge in [0.05, 0.1) is 31.5 Å². The molecule has 0 aliphatic carbocycles. The van der Waals surface area contributed by atoms with Gasteiger partial charge >= 0.3 is 0 Å². The molecule has 8 nitrogen and oxygen atoms in total. The zero-order valence-electron chi connectivity index (χ0n) is 22.0. The smallest absolute Gasteiger partial charge is 0.232 e. The number of aliphatic hydroxyl groups excluding tert-OH is 1. The maximum atomic E-state index is 10.8. The first kappa shape index (κ1) is 27.6. The Bertz CT molecular complexity index is 835. The van der Waals surface area contributed by atoms with E-state index >= 15 is 0 Å². The van der Waals surface area contributed by atoms with Crippen LogP contribution in [0.25, 0.3) is 11.3 Å². The first-order valence-corrected chi connectivity index (χ1v) is 13.1. The van der Waals surface area contributed by atoms with Crippen molar-refractivity contribution in [2.75, 3.05) is 77.1 Å². The molecule has 0 radical (unpaired) electrons. The van der Waals surface area contributed by atoms with Crippen molar-refractivity contribution >= 4 is 5.88 Å². The molecule has 0 spiro atoms. The highest BCUT2D eigenvalue weighted by molar-refractivity contribution is 5.68. The van der Waals surface area contributed by atoms with Gasteiger partial charge in [0.2, 0.25) is 5.88 Å². The van der Waals surface area contributed by atoms with Gasteiger partial charge in [0.15, 0.2) is 0 Å². The van der Waals surface area contributed by atoms with Gasteiger partial charge in [-0.15, -0.1) is 0 Å². The van der Waals surface area contributed by atoms with E-state index in [0.29, 0.717) is 32.2 Å². The van der Waals surface area contributed by atoms with Crippen molar-refractivity contribution in [1.82, 2.24) is 15.0 Å². The van der Waals surface area contributed by atoms with Crippen LogP contribution < -0.4 is 4.90 Å². The maximum absolute atomic E-state index is 10.8. The molecular formula is C27H44N4O4. The molecule has 8 heteroatoms. The van der Waals surface area contributed by atoms with Crippen molar-refractivity contribution in [2.45, 2.75) is 40.3 Å². The third-order valence-corrected chi connectivity index (χ3v) is 6.31. The van der Waals surface area contributed by atoms with E-state index in [9.17, 15) is 5.11 Å². The second-order valence-electron chi connectivity index (χ2n) is 9.63. The van der Waals surface area contributed by atoms with Gasteiger partial charge in [0.1, 0.15) is 5.69 Å². The lowest BCUT2D eigenvalue weighted by Gasteiger charge is -2.31. The van der Waals surface area contributed by atoms with E-state index in [1.807, 2.05) is 18.2 Å². The summed E-state index contributed by atoms with van der Waals surface area (Å²) in [6, 6.07) is 10.2. The first-order valence-electron chi connectivity index (χ1n) is 13.1. The quantitative estimate of drug-likeness (QED) is 0.409. The summed E-state index contributed by atoms with van der Waals surface area (Å²) in [4.78, 5) is 6.94. The van der Waals surface area contributed by atoms with Gasteiger partial charge in [-0.25, -0.2) is 0 Å². The Balaban J connectivity index is 1.81. The van der Waals surface area contributed by atoms with Crippen LogP contribution in [0.15, 0.2) is 34.9 Å². The minimum absolute atomic E-state index is 0.338. The van der Waals surface area contributed by atoms with Crippen LogP contribution >= 0.6 is 0 Å². The number of aliphatic hydroxyl groups is 1. The van der Waals surface area contributed by atoms with Crippen LogP contribution in [0.5, 0.6) is 0 Å². The second-order valence-corrected chi connectivity index (χ2v) is 9.63. The molecule has 1 aliphatic rings. The summed E-state index contributed by atoms with van der Waals surface area (Å²) in [5.41, 5.74) is 2.98. The van der Waals surface area contributed by atoms with Gasteiger partial charge in [-0.2, -0.15) is 0 Å². The lowest BCUT2D eigenvalue weighted by atomic mass is 10.1. The molecule has 0 amide bonds. The Kier molecular flexibility index (Phi) is 11.5. The zero-order valence-corrected chi connectivity index (χ0v) is 22.0. The first-order chi connectivity index (χ1) is 17.0. The van der Waals surface area contributed by atoms with Crippen molar-refractivity contribution in [3.05, 3.63) is 35.9 Å². The highest BCUT2D eigenvalue weighted by Gasteiger charge is 2.25. The zero-order chi connectivity index (χ0) is 25.0. The summed E-state index contributed by atoms with van der Waals surface area (Å²) < 4.78 is 17.2. The van der Waals surface area contributed by atoms with E-state index < -0.39 is 6.10 Å². The Morgan fingerprint density at radius 2 is 1.80 bits per heavy atom.